The maximum Gasteiger partial charge on any atom is 0.416 e. The normalized spacial score (nSPS) is 15.1. The van der Waals surface area contributed by atoms with Gasteiger partial charge in [-0.05, 0) is 79.4 Å². The number of rotatable bonds is 8. The minimum atomic E-state index is -4.60. The number of aryl methyl sites for hydroxylation is 2. The molecule has 208 valence electrons. The van der Waals surface area contributed by atoms with Crippen molar-refractivity contribution in [3.63, 3.8) is 0 Å². The molecule has 5 nitrogen and oxygen atoms in total. The summed E-state index contributed by atoms with van der Waals surface area (Å²) in [4.78, 5) is 28.9. The van der Waals surface area contributed by atoms with Crippen molar-refractivity contribution >= 4 is 22.6 Å². The summed E-state index contributed by atoms with van der Waals surface area (Å²) < 4.78 is 52.6. The monoisotopic (exact) mass is 549 g/mol. The van der Waals surface area contributed by atoms with Gasteiger partial charge in [0.25, 0.3) is 5.91 Å². The number of carbonyl (C=O) groups is 1. The number of nitrogens with zero attached hydrogens (tertiary/aromatic N) is 1. The number of benzene rings is 3. The van der Waals surface area contributed by atoms with Crippen molar-refractivity contribution in [1.82, 2.24) is 0 Å². The van der Waals surface area contributed by atoms with Crippen LogP contribution in [0.4, 0.5) is 18.9 Å². The first kappa shape index (κ1) is 27.5. The molecule has 4 aromatic rings. The molecule has 2 heterocycles. The van der Waals surface area contributed by atoms with Crippen LogP contribution in [0.1, 0.15) is 77.0 Å². The zero-order valence-corrected chi connectivity index (χ0v) is 22.6. The molecule has 1 unspecified atom stereocenters. The van der Waals surface area contributed by atoms with Gasteiger partial charge in [0, 0.05) is 5.69 Å². The lowest BCUT2D eigenvalue weighted by atomic mass is 9.97. The van der Waals surface area contributed by atoms with E-state index in [0.717, 1.165) is 48.9 Å². The summed E-state index contributed by atoms with van der Waals surface area (Å²) in [6.07, 6.45) is -0.337. The zero-order chi connectivity index (χ0) is 28.6. The molecule has 0 aliphatic carbocycles. The van der Waals surface area contributed by atoms with Crippen LogP contribution in [0.2, 0.25) is 0 Å². The fourth-order valence-corrected chi connectivity index (χ4v) is 5.11. The molecule has 8 heteroatoms. The standard InChI is InChI=1S/C32H30F3NO4/c1-4-5-6-7-15-39-24-13-11-21(12-14-24)28-27-29(37)25-16-19(2)20(3)17-26(25)40-30(27)31(38)36(28)23-10-8-9-22(18-23)32(33,34)35/h8-14,16-18,28H,4-7,15H2,1-3H3. The second-order valence-corrected chi connectivity index (χ2v) is 10.2. The van der Waals surface area contributed by atoms with Gasteiger partial charge in [-0.25, -0.2) is 0 Å². The Morgan fingerprint density at radius 3 is 2.35 bits per heavy atom. The van der Waals surface area contributed by atoms with Crippen LogP contribution in [0, 0.1) is 13.8 Å². The summed E-state index contributed by atoms with van der Waals surface area (Å²) in [6, 6.07) is 14.0. The van der Waals surface area contributed by atoms with Gasteiger partial charge in [-0.15, -0.1) is 0 Å². The number of hydrogen-bond acceptors (Lipinski definition) is 4. The van der Waals surface area contributed by atoms with Crippen LogP contribution in [0.3, 0.4) is 0 Å². The molecule has 0 saturated carbocycles. The minimum Gasteiger partial charge on any atom is -0.494 e. The number of carbonyl (C=O) groups excluding carboxylic acids is 1. The number of hydrogen-bond donors (Lipinski definition) is 0. The Labute approximate surface area is 230 Å². The highest BCUT2D eigenvalue weighted by molar-refractivity contribution is 6.10. The number of fused-ring (bicyclic) bond motifs is 2. The molecule has 0 radical (unpaired) electrons. The van der Waals surface area contributed by atoms with E-state index in [0.29, 0.717) is 23.3 Å². The van der Waals surface area contributed by atoms with Crippen LogP contribution < -0.4 is 15.1 Å². The third-order valence-electron chi connectivity index (χ3n) is 7.40. The number of amides is 1. The number of ether oxygens (including phenoxy) is 1. The van der Waals surface area contributed by atoms with Crippen LogP contribution in [0.25, 0.3) is 11.0 Å². The van der Waals surface area contributed by atoms with Gasteiger partial charge in [-0.1, -0.05) is 44.4 Å². The minimum absolute atomic E-state index is 0.0169. The number of anilines is 1. The first-order valence-corrected chi connectivity index (χ1v) is 13.4. The van der Waals surface area contributed by atoms with E-state index in [1.165, 1.54) is 17.0 Å². The van der Waals surface area contributed by atoms with Gasteiger partial charge >= 0.3 is 6.18 Å². The molecular weight excluding hydrogens is 519 g/mol. The summed E-state index contributed by atoms with van der Waals surface area (Å²) in [5.41, 5.74) is 1.43. The number of halogens is 3. The fourth-order valence-electron chi connectivity index (χ4n) is 5.11. The molecule has 0 bridgehead atoms. The molecule has 40 heavy (non-hydrogen) atoms. The number of alkyl halides is 3. The first-order chi connectivity index (χ1) is 19.1. The summed E-state index contributed by atoms with van der Waals surface area (Å²) >= 11 is 0. The van der Waals surface area contributed by atoms with Crippen LogP contribution in [-0.4, -0.2) is 12.5 Å². The lowest BCUT2D eigenvalue weighted by molar-refractivity contribution is -0.137. The van der Waals surface area contributed by atoms with E-state index < -0.39 is 23.7 Å². The molecule has 5 rings (SSSR count). The van der Waals surface area contributed by atoms with Crippen LogP contribution in [0.5, 0.6) is 5.75 Å². The maximum atomic E-state index is 13.9. The van der Waals surface area contributed by atoms with Gasteiger partial charge in [0.1, 0.15) is 11.3 Å². The SMILES string of the molecule is CCCCCCOc1ccc(C2c3c(oc4cc(C)c(C)cc4c3=O)C(=O)N2c2cccc(C(F)(F)F)c2)cc1. The molecule has 1 atom stereocenters. The van der Waals surface area contributed by atoms with E-state index in [4.69, 9.17) is 9.15 Å². The molecule has 0 fully saturated rings. The van der Waals surface area contributed by atoms with Crippen molar-refractivity contribution in [1.29, 1.82) is 0 Å². The van der Waals surface area contributed by atoms with Gasteiger partial charge in [-0.2, -0.15) is 13.2 Å². The molecule has 0 N–H and O–H groups in total. The lowest BCUT2D eigenvalue weighted by Crippen LogP contribution is -2.29. The van der Waals surface area contributed by atoms with Crippen molar-refractivity contribution in [3.05, 3.63) is 104 Å². The molecule has 1 amide bonds. The Hall–Kier alpha value is -4.07. The average Bonchev–Trinajstić information content (AvgIpc) is 3.22. The topological polar surface area (TPSA) is 59.8 Å². The van der Waals surface area contributed by atoms with Crippen LogP contribution in [-0.2, 0) is 6.18 Å². The van der Waals surface area contributed by atoms with Gasteiger partial charge in [-0.3, -0.25) is 14.5 Å². The summed E-state index contributed by atoms with van der Waals surface area (Å²) in [5, 5.41) is 0.317. The first-order valence-electron chi connectivity index (χ1n) is 13.4. The summed E-state index contributed by atoms with van der Waals surface area (Å²) in [5.74, 6) is -0.209. The summed E-state index contributed by atoms with van der Waals surface area (Å²) in [6.45, 7) is 6.45. The maximum absolute atomic E-state index is 13.9. The number of unbranched alkanes of at least 4 members (excludes halogenated alkanes) is 3. The van der Waals surface area contributed by atoms with Gasteiger partial charge in [0.2, 0.25) is 5.76 Å². The fraction of sp³-hybridized carbons (Fsp3) is 0.312. The molecule has 0 saturated heterocycles. The third-order valence-corrected chi connectivity index (χ3v) is 7.40. The summed E-state index contributed by atoms with van der Waals surface area (Å²) in [7, 11) is 0. The average molecular weight is 550 g/mol. The van der Waals surface area contributed by atoms with Crippen LogP contribution >= 0.6 is 0 Å². The Kier molecular flexibility index (Phi) is 7.45. The quantitative estimate of drug-likeness (QED) is 0.208. The van der Waals surface area contributed by atoms with Crippen molar-refractivity contribution in [3.8, 4) is 5.75 Å². The van der Waals surface area contributed by atoms with E-state index in [1.54, 1.807) is 36.4 Å². The Morgan fingerprint density at radius 2 is 1.65 bits per heavy atom. The zero-order valence-electron chi connectivity index (χ0n) is 22.6. The van der Waals surface area contributed by atoms with E-state index in [-0.39, 0.29) is 28.0 Å². The van der Waals surface area contributed by atoms with E-state index in [2.05, 4.69) is 6.92 Å². The Bertz CT molecular complexity index is 1620. The molecule has 3 aromatic carbocycles. The third kappa shape index (κ3) is 5.10. The molecular formula is C32H30F3NO4. The van der Waals surface area contributed by atoms with Crippen molar-refractivity contribution in [2.45, 2.75) is 58.7 Å². The van der Waals surface area contributed by atoms with Gasteiger partial charge in [0.15, 0.2) is 5.43 Å². The van der Waals surface area contributed by atoms with Gasteiger partial charge < -0.3 is 9.15 Å². The second kappa shape index (κ2) is 10.8. The largest absolute Gasteiger partial charge is 0.494 e. The second-order valence-electron chi connectivity index (χ2n) is 10.2. The van der Waals surface area contributed by atoms with Gasteiger partial charge in [0.05, 0.1) is 29.2 Å². The van der Waals surface area contributed by atoms with Crippen molar-refractivity contribution in [2.24, 2.45) is 0 Å². The van der Waals surface area contributed by atoms with Crippen LogP contribution in [0.15, 0.2) is 69.9 Å². The smallest absolute Gasteiger partial charge is 0.416 e. The highest BCUT2D eigenvalue weighted by Crippen LogP contribution is 2.43. The Balaban J connectivity index is 1.62. The molecule has 1 aliphatic heterocycles. The lowest BCUT2D eigenvalue weighted by Gasteiger charge is -2.26. The van der Waals surface area contributed by atoms with Crippen molar-refractivity contribution in [2.75, 3.05) is 11.5 Å². The van der Waals surface area contributed by atoms with E-state index in [1.807, 2.05) is 13.8 Å². The predicted molar refractivity (Wildman–Crippen MR) is 148 cm³/mol. The molecule has 1 aliphatic rings. The molecule has 0 spiro atoms. The van der Waals surface area contributed by atoms with E-state index in [9.17, 15) is 22.8 Å². The predicted octanol–water partition coefficient (Wildman–Crippen LogP) is 8.14. The Morgan fingerprint density at radius 1 is 0.925 bits per heavy atom. The highest BCUT2D eigenvalue weighted by atomic mass is 19.4. The molecule has 1 aromatic heterocycles. The highest BCUT2D eigenvalue weighted by Gasteiger charge is 2.44. The van der Waals surface area contributed by atoms with E-state index >= 15 is 0 Å². The van der Waals surface area contributed by atoms with Crippen molar-refractivity contribution < 1.29 is 27.1 Å².